The quantitative estimate of drug-likeness (QED) is 0.371. The van der Waals surface area contributed by atoms with Crippen molar-refractivity contribution in [3.05, 3.63) is 52.4 Å². The Balaban J connectivity index is 1.71. The van der Waals surface area contributed by atoms with Gasteiger partial charge in [0, 0.05) is 5.69 Å². The molecular weight excluding hydrogens is 444 g/mol. The molecule has 1 heterocycles. The van der Waals surface area contributed by atoms with E-state index < -0.39 is 0 Å². The van der Waals surface area contributed by atoms with Crippen LogP contribution in [0.2, 0.25) is 0 Å². The minimum absolute atomic E-state index is 0.138. The first kappa shape index (κ1) is 23.9. The molecule has 0 spiro atoms. The van der Waals surface area contributed by atoms with Crippen LogP contribution in [0.25, 0.3) is 6.08 Å². The Kier molecular flexibility index (Phi) is 8.41. The van der Waals surface area contributed by atoms with E-state index in [-0.39, 0.29) is 5.91 Å². The molecule has 0 atom stereocenters. The van der Waals surface area contributed by atoms with Gasteiger partial charge in [-0.3, -0.25) is 9.69 Å². The van der Waals surface area contributed by atoms with Crippen LogP contribution in [0, 0.1) is 0 Å². The highest BCUT2D eigenvalue weighted by Gasteiger charge is 2.32. The van der Waals surface area contributed by atoms with Crippen LogP contribution in [0.1, 0.15) is 30.9 Å². The van der Waals surface area contributed by atoms with E-state index in [0.717, 1.165) is 17.7 Å². The Morgan fingerprint density at radius 3 is 2.28 bits per heavy atom. The second kappa shape index (κ2) is 11.2. The highest BCUT2D eigenvalue weighted by Crippen LogP contribution is 2.40. The zero-order valence-corrected chi connectivity index (χ0v) is 20.4. The van der Waals surface area contributed by atoms with Crippen molar-refractivity contribution in [1.82, 2.24) is 4.90 Å². The average molecular weight is 473 g/mol. The summed E-state index contributed by atoms with van der Waals surface area (Å²) in [6.45, 7) is 2.50. The second-order valence-corrected chi connectivity index (χ2v) is 8.88. The van der Waals surface area contributed by atoms with Gasteiger partial charge in [0.15, 0.2) is 11.5 Å². The normalized spacial score (nSPS) is 14.8. The number of aryl methyl sites for hydroxylation is 1. The molecule has 0 unspecified atom stereocenters. The first-order chi connectivity index (χ1) is 15.5. The van der Waals surface area contributed by atoms with Crippen LogP contribution in [0.4, 0.5) is 5.69 Å². The summed E-state index contributed by atoms with van der Waals surface area (Å²) in [5.74, 6) is 1.42. The summed E-state index contributed by atoms with van der Waals surface area (Å²) in [7, 11) is 4.67. The highest BCUT2D eigenvalue weighted by molar-refractivity contribution is 8.26. The van der Waals surface area contributed by atoms with Crippen LogP contribution in [-0.4, -0.2) is 43.1 Å². The van der Waals surface area contributed by atoms with Crippen molar-refractivity contribution in [3.63, 3.8) is 0 Å². The Bertz CT molecular complexity index is 981. The molecule has 32 heavy (non-hydrogen) atoms. The molecule has 0 radical (unpaired) electrons. The maximum atomic E-state index is 13.0. The Morgan fingerprint density at radius 1 is 1.06 bits per heavy atom. The van der Waals surface area contributed by atoms with Gasteiger partial charge in [-0.25, -0.2) is 0 Å². The number of thiocarbonyl (C=S) groups is 1. The zero-order valence-electron chi connectivity index (χ0n) is 18.8. The number of anilines is 1. The number of benzene rings is 2. The lowest BCUT2D eigenvalue weighted by Crippen LogP contribution is -2.33. The van der Waals surface area contributed by atoms with E-state index in [4.69, 9.17) is 26.4 Å². The van der Waals surface area contributed by atoms with Crippen molar-refractivity contribution in [1.29, 1.82) is 0 Å². The average Bonchev–Trinajstić information content (AvgIpc) is 3.08. The largest absolute Gasteiger partial charge is 0.493 e. The van der Waals surface area contributed by atoms with Crippen LogP contribution in [-0.2, 0) is 11.2 Å². The molecule has 1 aliphatic heterocycles. The smallest absolute Gasteiger partial charge is 0.267 e. The summed E-state index contributed by atoms with van der Waals surface area (Å²) in [6.07, 6.45) is 5.23. The first-order valence-electron chi connectivity index (χ1n) is 10.4. The number of methoxy groups -OCH3 is 3. The van der Waals surface area contributed by atoms with Crippen LogP contribution < -0.4 is 19.5 Å². The Morgan fingerprint density at radius 2 is 1.72 bits per heavy atom. The number of nitrogens with one attached hydrogen (secondary N) is 1. The van der Waals surface area contributed by atoms with Crippen molar-refractivity contribution in [2.75, 3.05) is 33.3 Å². The number of unbranched alkanes of at least 4 members (excludes halogenated alkanes) is 1. The van der Waals surface area contributed by atoms with Crippen LogP contribution in [0.5, 0.6) is 17.2 Å². The molecule has 1 saturated heterocycles. The minimum Gasteiger partial charge on any atom is -0.493 e. The van der Waals surface area contributed by atoms with Gasteiger partial charge in [0.2, 0.25) is 5.75 Å². The predicted octanol–water partition coefficient (Wildman–Crippen LogP) is 5.33. The van der Waals surface area contributed by atoms with Crippen LogP contribution in [0.15, 0.2) is 41.3 Å². The molecular formula is C24H28N2O4S2. The lowest BCUT2D eigenvalue weighted by atomic mass is 10.1. The summed E-state index contributed by atoms with van der Waals surface area (Å²) in [5.41, 5.74) is 3.03. The van der Waals surface area contributed by atoms with E-state index >= 15 is 0 Å². The number of hydrogen-bond donors (Lipinski definition) is 1. The van der Waals surface area contributed by atoms with Gasteiger partial charge < -0.3 is 19.5 Å². The topological polar surface area (TPSA) is 60.0 Å². The number of rotatable bonds is 10. The fourth-order valence-corrected chi connectivity index (χ4v) is 4.57. The van der Waals surface area contributed by atoms with E-state index in [1.807, 2.05) is 12.1 Å². The van der Waals surface area contributed by atoms with Gasteiger partial charge in [0.25, 0.3) is 5.91 Å². The summed E-state index contributed by atoms with van der Waals surface area (Å²) in [6, 6.07) is 11.9. The molecule has 3 rings (SSSR count). The summed E-state index contributed by atoms with van der Waals surface area (Å²) in [5, 5.41) is 3.29. The third kappa shape index (κ3) is 5.55. The minimum atomic E-state index is -0.138. The van der Waals surface area contributed by atoms with Gasteiger partial charge in [0.1, 0.15) is 4.32 Å². The van der Waals surface area contributed by atoms with E-state index in [1.165, 1.54) is 30.2 Å². The SMILES string of the molecule is CCCCc1ccc(NCN2C(=O)C(=Cc3cc(OC)c(OC)c(OC)c3)SC2=S)cc1. The molecule has 170 valence electrons. The van der Waals surface area contributed by atoms with Gasteiger partial charge in [-0.15, -0.1) is 0 Å². The van der Waals surface area contributed by atoms with Crippen molar-refractivity contribution >= 4 is 46.0 Å². The Labute approximate surface area is 198 Å². The Hall–Kier alpha value is -2.71. The monoisotopic (exact) mass is 472 g/mol. The molecule has 0 aliphatic carbocycles. The molecule has 1 amide bonds. The number of thioether (sulfide) groups is 1. The van der Waals surface area contributed by atoms with Gasteiger partial charge >= 0.3 is 0 Å². The molecule has 0 bridgehead atoms. The van der Waals surface area contributed by atoms with Crippen molar-refractivity contribution < 1.29 is 19.0 Å². The zero-order chi connectivity index (χ0) is 23.1. The maximum Gasteiger partial charge on any atom is 0.267 e. The molecule has 6 nitrogen and oxygen atoms in total. The molecule has 0 aromatic heterocycles. The number of carbonyl (C=O) groups is 1. The number of amides is 1. The van der Waals surface area contributed by atoms with E-state index in [2.05, 4.69) is 24.4 Å². The van der Waals surface area contributed by atoms with Crippen molar-refractivity contribution in [3.8, 4) is 17.2 Å². The number of nitrogens with zero attached hydrogens (tertiary/aromatic N) is 1. The number of ether oxygens (including phenoxy) is 3. The summed E-state index contributed by atoms with van der Waals surface area (Å²) >= 11 is 6.73. The first-order valence-corrected chi connectivity index (χ1v) is 11.6. The fraction of sp³-hybridized carbons (Fsp3) is 0.333. The number of carbonyl (C=O) groups excluding carboxylic acids is 1. The number of hydrogen-bond acceptors (Lipinski definition) is 7. The summed E-state index contributed by atoms with van der Waals surface area (Å²) < 4.78 is 16.7. The molecule has 8 heteroatoms. The van der Waals surface area contributed by atoms with E-state index in [9.17, 15) is 4.79 Å². The van der Waals surface area contributed by atoms with Gasteiger partial charge in [0.05, 0.1) is 32.9 Å². The third-order valence-corrected chi connectivity index (χ3v) is 6.45. The lowest BCUT2D eigenvalue weighted by Gasteiger charge is -2.16. The predicted molar refractivity (Wildman–Crippen MR) is 135 cm³/mol. The highest BCUT2D eigenvalue weighted by atomic mass is 32.2. The van der Waals surface area contributed by atoms with E-state index in [0.29, 0.717) is 33.1 Å². The fourth-order valence-electron chi connectivity index (χ4n) is 3.31. The van der Waals surface area contributed by atoms with Gasteiger partial charge in [-0.1, -0.05) is 49.5 Å². The van der Waals surface area contributed by atoms with Crippen molar-refractivity contribution in [2.45, 2.75) is 26.2 Å². The maximum absolute atomic E-state index is 13.0. The molecule has 1 fully saturated rings. The third-order valence-electron chi connectivity index (χ3n) is 5.07. The lowest BCUT2D eigenvalue weighted by molar-refractivity contribution is -0.121. The summed E-state index contributed by atoms with van der Waals surface area (Å²) in [4.78, 5) is 15.1. The molecule has 1 aliphatic rings. The molecule has 1 N–H and O–H groups in total. The standard InChI is InChI=1S/C24H28N2O4S2/c1-5-6-7-16-8-10-18(11-9-16)25-15-26-23(27)21(32-24(26)31)14-17-12-19(28-2)22(30-4)20(13-17)29-3/h8-14,25H,5-7,15H2,1-4H3. The van der Waals surface area contributed by atoms with Crippen LogP contribution >= 0.6 is 24.0 Å². The molecule has 2 aromatic rings. The molecule has 0 saturated carbocycles. The van der Waals surface area contributed by atoms with Gasteiger partial charge in [-0.05, 0) is 54.3 Å². The molecule has 2 aromatic carbocycles. The van der Waals surface area contributed by atoms with Crippen molar-refractivity contribution in [2.24, 2.45) is 0 Å². The van der Waals surface area contributed by atoms with E-state index in [1.54, 1.807) is 44.4 Å². The van der Waals surface area contributed by atoms with Crippen LogP contribution in [0.3, 0.4) is 0 Å². The van der Waals surface area contributed by atoms with Gasteiger partial charge in [-0.2, -0.15) is 0 Å². The second-order valence-electron chi connectivity index (χ2n) is 7.20.